The molecular formula is C13H14ClN3O. The minimum absolute atomic E-state index is 0.0161. The van der Waals surface area contributed by atoms with Gasteiger partial charge in [-0.3, -0.25) is 0 Å². The van der Waals surface area contributed by atoms with E-state index in [-0.39, 0.29) is 6.04 Å². The summed E-state index contributed by atoms with van der Waals surface area (Å²) in [5, 5.41) is 0.661. The topological polar surface area (TPSA) is 61.0 Å². The predicted octanol–water partition coefficient (Wildman–Crippen LogP) is 2.52. The van der Waals surface area contributed by atoms with Crippen molar-refractivity contribution in [2.24, 2.45) is 5.73 Å². The zero-order valence-electron chi connectivity index (χ0n) is 10.0. The number of hydrogen-bond acceptors (Lipinski definition) is 4. The van der Waals surface area contributed by atoms with Gasteiger partial charge in [-0.15, -0.1) is 0 Å². The molecule has 0 saturated carbocycles. The highest BCUT2D eigenvalue weighted by Gasteiger charge is 2.03. The van der Waals surface area contributed by atoms with Crippen LogP contribution in [0, 0.1) is 0 Å². The minimum Gasteiger partial charge on any atom is -0.489 e. The summed E-state index contributed by atoms with van der Waals surface area (Å²) in [5.74, 6) is 1.23. The highest BCUT2D eigenvalue weighted by molar-refractivity contribution is 6.30. The predicted molar refractivity (Wildman–Crippen MR) is 71.6 cm³/mol. The molecule has 5 heteroatoms. The lowest BCUT2D eigenvalue weighted by molar-refractivity contribution is 0.294. The molecule has 1 unspecified atom stereocenters. The molecule has 2 N–H and O–H groups in total. The molecule has 2 rings (SSSR count). The van der Waals surface area contributed by atoms with E-state index in [9.17, 15) is 0 Å². The van der Waals surface area contributed by atoms with Gasteiger partial charge in [0.15, 0.2) is 11.6 Å². The van der Waals surface area contributed by atoms with Crippen molar-refractivity contribution < 1.29 is 4.74 Å². The van der Waals surface area contributed by atoms with E-state index in [1.165, 1.54) is 0 Å². The van der Waals surface area contributed by atoms with Gasteiger partial charge >= 0.3 is 0 Å². The maximum atomic E-state index is 5.92. The van der Waals surface area contributed by atoms with Crippen LogP contribution in [0.25, 0.3) is 11.4 Å². The van der Waals surface area contributed by atoms with E-state index in [2.05, 4.69) is 9.97 Å². The monoisotopic (exact) mass is 263 g/mol. The fourth-order valence-electron chi connectivity index (χ4n) is 1.40. The maximum absolute atomic E-state index is 5.92. The molecule has 0 spiro atoms. The zero-order chi connectivity index (χ0) is 13.0. The number of hydrogen-bond donors (Lipinski definition) is 1. The molecule has 4 nitrogen and oxygen atoms in total. The van der Waals surface area contributed by atoms with Crippen LogP contribution < -0.4 is 10.5 Å². The molecular weight excluding hydrogens is 250 g/mol. The normalized spacial score (nSPS) is 12.2. The lowest BCUT2D eigenvalue weighted by atomic mass is 10.2. The fraction of sp³-hybridized carbons (Fsp3) is 0.231. The Morgan fingerprint density at radius 2 is 2.06 bits per heavy atom. The van der Waals surface area contributed by atoms with Crippen molar-refractivity contribution in [1.29, 1.82) is 0 Å². The average Bonchev–Trinajstić information content (AvgIpc) is 2.37. The number of aromatic nitrogens is 2. The maximum Gasteiger partial charge on any atom is 0.159 e. The summed E-state index contributed by atoms with van der Waals surface area (Å²) in [5.41, 5.74) is 6.47. The smallest absolute Gasteiger partial charge is 0.159 e. The first-order valence-electron chi connectivity index (χ1n) is 5.61. The van der Waals surface area contributed by atoms with E-state index in [1.54, 1.807) is 12.4 Å². The summed E-state index contributed by atoms with van der Waals surface area (Å²) in [6, 6.07) is 7.38. The standard InChI is InChI=1S/C13H14ClN3O/c1-9(15)8-18-12-6-16-13(17-7-12)10-3-2-4-11(14)5-10/h2-7,9H,8,15H2,1H3. The summed E-state index contributed by atoms with van der Waals surface area (Å²) in [4.78, 5) is 8.46. The van der Waals surface area contributed by atoms with E-state index >= 15 is 0 Å². The second-order valence-corrected chi connectivity index (χ2v) is 4.48. The van der Waals surface area contributed by atoms with Gasteiger partial charge in [-0.05, 0) is 19.1 Å². The van der Waals surface area contributed by atoms with E-state index < -0.39 is 0 Å². The summed E-state index contributed by atoms with van der Waals surface area (Å²) in [6.07, 6.45) is 3.26. The average molecular weight is 264 g/mol. The number of ether oxygens (including phenoxy) is 1. The third-order valence-corrected chi connectivity index (χ3v) is 2.46. The van der Waals surface area contributed by atoms with Gasteiger partial charge in [0.1, 0.15) is 6.61 Å². The number of rotatable bonds is 4. The quantitative estimate of drug-likeness (QED) is 0.921. The van der Waals surface area contributed by atoms with Crippen LogP contribution in [-0.4, -0.2) is 22.6 Å². The number of nitrogens with zero attached hydrogens (tertiary/aromatic N) is 2. The van der Waals surface area contributed by atoms with Crippen LogP contribution in [0.15, 0.2) is 36.7 Å². The van der Waals surface area contributed by atoms with Crippen LogP contribution in [0.3, 0.4) is 0 Å². The van der Waals surface area contributed by atoms with E-state index in [0.717, 1.165) is 5.56 Å². The molecule has 1 aromatic heterocycles. The Labute approximate surface area is 111 Å². The fourth-order valence-corrected chi connectivity index (χ4v) is 1.59. The first kappa shape index (κ1) is 12.8. The van der Waals surface area contributed by atoms with Gasteiger partial charge < -0.3 is 10.5 Å². The van der Waals surface area contributed by atoms with E-state index in [1.807, 2.05) is 31.2 Å². The van der Waals surface area contributed by atoms with Gasteiger partial charge in [-0.1, -0.05) is 23.7 Å². The number of benzene rings is 1. The Hall–Kier alpha value is -1.65. The highest BCUT2D eigenvalue weighted by atomic mass is 35.5. The molecule has 2 aromatic rings. The van der Waals surface area contributed by atoms with Crippen molar-refractivity contribution >= 4 is 11.6 Å². The molecule has 0 aliphatic heterocycles. The molecule has 94 valence electrons. The Kier molecular flexibility index (Phi) is 4.12. The van der Waals surface area contributed by atoms with Crippen LogP contribution in [0.2, 0.25) is 5.02 Å². The van der Waals surface area contributed by atoms with Crippen molar-refractivity contribution in [3.05, 3.63) is 41.7 Å². The molecule has 0 radical (unpaired) electrons. The molecule has 18 heavy (non-hydrogen) atoms. The summed E-state index contributed by atoms with van der Waals surface area (Å²) in [7, 11) is 0. The van der Waals surface area contributed by atoms with Crippen molar-refractivity contribution in [2.45, 2.75) is 13.0 Å². The summed E-state index contributed by atoms with van der Waals surface area (Å²) in [6.45, 7) is 2.32. The lowest BCUT2D eigenvalue weighted by Crippen LogP contribution is -2.23. The third kappa shape index (κ3) is 3.42. The first-order valence-corrected chi connectivity index (χ1v) is 5.99. The number of nitrogens with two attached hydrogens (primary N) is 1. The van der Waals surface area contributed by atoms with Gasteiger partial charge in [-0.25, -0.2) is 9.97 Å². The highest BCUT2D eigenvalue weighted by Crippen LogP contribution is 2.20. The van der Waals surface area contributed by atoms with Crippen LogP contribution in [0.5, 0.6) is 5.75 Å². The Bertz CT molecular complexity index is 514. The van der Waals surface area contributed by atoms with Gasteiger partial charge in [0, 0.05) is 16.6 Å². The van der Waals surface area contributed by atoms with Crippen LogP contribution in [0.4, 0.5) is 0 Å². The van der Waals surface area contributed by atoms with Crippen molar-refractivity contribution in [3.8, 4) is 17.1 Å². The molecule has 0 fully saturated rings. The molecule has 0 bridgehead atoms. The Balaban J connectivity index is 2.12. The number of halogens is 1. The lowest BCUT2D eigenvalue weighted by Gasteiger charge is -2.08. The van der Waals surface area contributed by atoms with E-state index in [0.29, 0.717) is 23.2 Å². The second-order valence-electron chi connectivity index (χ2n) is 4.04. The van der Waals surface area contributed by atoms with Crippen LogP contribution >= 0.6 is 11.6 Å². The summed E-state index contributed by atoms with van der Waals surface area (Å²) < 4.78 is 5.41. The van der Waals surface area contributed by atoms with Gasteiger partial charge in [0.25, 0.3) is 0 Å². The van der Waals surface area contributed by atoms with Crippen LogP contribution in [-0.2, 0) is 0 Å². The SMILES string of the molecule is CC(N)COc1cnc(-c2cccc(Cl)c2)nc1. The first-order chi connectivity index (χ1) is 8.65. The van der Waals surface area contributed by atoms with Gasteiger partial charge in [0.2, 0.25) is 0 Å². The Morgan fingerprint density at radius 3 is 2.67 bits per heavy atom. The van der Waals surface area contributed by atoms with Crippen LogP contribution in [0.1, 0.15) is 6.92 Å². The summed E-state index contributed by atoms with van der Waals surface area (Å²) >= 11 is 5.92. The van der Waals surface area contributed by atoms with Gasteiger partial charge in [-0.2, -0.15) is 0 Å². The Morgan fingerprint density at radius 1 is 1.33 bits per heavy atom. The molecule has 0 aliphatic rings. The third-order valence-electron chi connectivity index (χ3n) is 2.22. The molecule has 0 aliphatic carbocycles. The van der Waals surface area contributed by atoms with Crippen molar-refractivity contribution in [2.75, 3.05) is 6.61 Å². The second kappa shape index (κ2) is 5.80. The molecule has 1 aromatic carbocycles. The molecule has 0 amide bonds. The van der Waals surface area contributed by atoms with Crippen molar-refractivity contribution in [1.82, 2.24) is 9.97 Å². The van der Waals surface area contributed by atoms with E-state index in [4.69, 9.17) is 22.1 Å². The van der Waals surface area contributed by atoms with Crippen molar-refractivity contribution in [3.63, 3.8) is 0 Å². The molecule has 0 saturated heterocycles. The van der Waals surface area contributed by atoms with Gasteiger partial charge in [0.05, 0.1) is 12.4 Å². The minimum atomic E-state index is -0.0161. The zero-order valence-corrected chi connectivity index (χ0v) is 10.8. The molecule has 1 heterocycles. The largest absolute Gasteiger partial charge is 0.489 e. The molecule has 1 atom stereocenters.